The maximum absolute atomic E-state index is 13.2. The number of hydrogen-bond acceptors (Lipinski definition) is 7. The van der Waals surface area contributed by atoms with Gasteiger partial charge in [-0.1, -0.05) is 70.6 Å². The van der Waals surface area contributed by atoms with Gasteiger partial charge in [-0.15, -0.1) is 10.2 Å². The van der Waals surface area contributed by atoms with Crippen LogP contribution in [0.15, 0.2) is 82.7 Å². The lowest BCUT2D eigenvalue weighted by atomic mass is 9.92. The number of carbonyl (C=O) groups excluding carboxylic acids is 2. The lowest BCUT2D eigenvalue weighted by Crippen LogP contribution is -2.29. The third-order valence-corrected chi connectivity index (χ3v) is 7.97. The van der Waals surface area contributed by atoms with Gasteiger partial charge in [-0.2, -0.15) is 5.10 Å². The van der Waals surface area contributed by atoms with Gasteiger partial charge in [0, 0.05) is 39.9 Å². The van der Waals surface area contributed by atoms with Crippen molar-refractivity contribution in [2.24, 2.45) is 0 Å². The number of anilines is 1. The molecule has 0 aliphatic heterocycles. The van der Waals surface area contributed by atoms with E-state index in [0.29, 0.717) is 23.6 Å². The van der Waals surface area contributed by atoms with Crippen LogP contribution in [-0.2, 0) is 16.7 Å². The van der Waals surface area contributed by atoms with Crippen LogP contribution in [0.5, 0.6) is 0 Å². The molecule has 3 aromatic heterocycles. The van der Waals surface area contributed by atoms with E-state index >= 15 is 0 Å². The molecule has 0 aliphatic carbocycles. The highest BCUT2D eigenvalue weighted by Crippen LogP contribution is 2.31. The number of pyridine rings is 1. The van der Waals surface area contributed by atoms with Gasteiger partial charge in [0.2, 0.25) is 0 Å². The Morgan fingerprint density at radius 1 is 1.00 bits per heavy atom. The Hall–Kier alpha value is -4.64. The Morgan fingerprint density at radius 3 is 2.55 bits per heavy atom. The zero-order chi connectivity index (χ0) is 31.4. The standard InChI is InChI=1S/C33H37N7O3S/c1-7-43-31(41)22-12-10-13-24(17-22)40-29(18-27(38-40)33(4,5)6)35-32(42)34-19-23-11-8-9-14-26(23)44-25-15-16-28-36-37-30(21(2)3)39(28)20-25/h8-18,20-21H,7,19H2,1-6H3,(H2,34,35,42). The number of amides is 2. The average Bonchev–Trinajstić information content (AvgIpc) is 3.61. The van der Waals surface area contributed by atoms with Crippen molar-refractivity contribution in [3.05, 3.63) is 95.6 Å². The molecule has 2 amide bonds. The number of fused-ring (bicyclic) bond motifs is 1. The van der Waals surface area contributed by atoms with Crippen molar-refractivity contribution in [1.29, 1.82) is 0 Å². The predicted octanol–water partition coefficient (Wildman–Crippen LogP) is 6.99. The zero-order valence-electron chi connectivity index (χ0n) is 25.8. The van der Waals surface area contributed by atoms with Crippen molar-refractivity contribution in [3.8, 4) is 5.69 Å². The summed E-state index contributed by atoms with van der Waals surface area (Å²) in [5, 5.41) is 19.3. The fraction of sp³-hybridized carbons (Fsp3) is 0.303. The summed E-state index contributed by atoms with van der Waals surface area (Å²) in [7, 11) is 0. The summed E-state index contributed by atoms with van der Waals surface area (Å²) in [6.45, 7) is 12.7. The first-order valence-electron chi connectivity index (χ1n) is 14.6. The van der Waals surface area contributed by atoms with Crippen LogP contribution in [-0.4, -0.2) is 43.0 Å². The van der Waals surface area contributed by atoms with Gasteiger partial charge >= 0.3 is 12.0 Å². The van der Waals surface area contributed by atoms with Crippen molar-refractivity contribution in [1.82, 2.24) is 29.7 Å². The fourth-order valence-corrected chi connectivity index (χ4v) is 5.53. The van der Waals surface area contributed by atoms with Gasteiger partial charge in [0.05, 0.1) is 23.6 Å². The minimum absolute atomic E-state index is 0.248. The van der Waals surface area contributed by atoms with Crippen LogP contribution in [0.4, 0.5) is 10.6 Å². The van der Waals surface area contributed by atoms with E-state index in [9.17, 15) is 9.59 Å². The first-order valence-corrected chi connectivity index (χ1v) is 15.4. The van der Waals surface area contributed by atoms with Gasteiger partial charge in [-0.25, -0.2) is 14.3 Å². The maximum atomic E-state index is 13.2. The zero-order valence-corrected chi connectivity index (χ0v) is 26.6. The second kappa shape index (κ2) is 12.9. The largest absolute Gasteiger partial charge is 0.462 e. The van der Waals surface area contributed by atoms with Gasteiger partial charge in [0.15, 0.2) is 5.65 Å². The van der Waals surface area contributed by atoms with Crippen molar-refractivity contribution in [2.45, 2.75) is 69.2 Å². The normalized spacial score (nSPS) is 11.6. The van der Waals surface area contributed by atoms with Crippen molar-refractivity contribution in [3.63, 3.8) is 0 Å². The summed E-state index contributed by atoms with van der Waals surface area (Å²) < 4.78 is 8.83. The molecule has 11 heteroatoms. The molecule has 0 aliphatic rings. The van der Waals surface area contributed by atoms with Crippen LogP contribution in [0, 0.1) is 0 Å². The van der Waals surface area contributed by atoms with Gasteiger partial charge in [-0.3, -0.25) is 9.72 Å². The molecule has 0 spiro atoms. The van der Waals surface area contributed by atoms with Crippen LogP contribution < -0.4 is 10.6 Å². The smallest absolute Gasteiger partial charge is 0.338 e. The SMILES string of the molecule is CCOC(=O)c1cccc(-n2nc(C(C)(C)C)cc2NC(=O)NCc2ccccc2Sc2ccc3nnc(C(C)C)n3c2)c1. The number of carbonyl (C=O) groups is 2. The number of hydrogen-bond donors (Lipinski definition) is 2. The molecule has 44 heavy (non-hydrogen) atoms. The van der Waals surface area contributed by atoms with E-state index in [1.807, 2.05) is 52.9 Å². The molecule has 228 valence electrons. The Morgan fingerprint density at radius 2 is 1.80 bits per heavy atom. The summed E-state index contributed by atoms with van der Waals surface area (Å²) in [6.07, 6.45) is 2.05. The maximum Gasteiger partial charge on any atom is 0.338 e. The van der Waals surface area contributed by atoms with Crippen molar-refractivity contribution < 1.29 is 14.3 Å². The number of nitrogens with one attached hydrogen (secondary N) is 2. The molecule has 2 aromatic carbocycles. The molecule has 3 heterocycles. The molecule has 2 N–H and O–H groups in total. The quantitative estimate of drug-likeness (QED) is 0.173. The summed E-state index contributed by atoms with van der Waals surface area (Å²) in [5.41, 5.74) is 3.36. The predicted molar refractivity (Wildman–Crippen MR) is 172 cm³/mol. The van der Waals surface area contributed by atoms with Gasteiger partial charge < -0.3 is 10.1 Å². The number of rotatable bonds is 9. The van der Waals surface area contributed by atoms with E-state index in [4.69, 9.17) is 9.84 Å². The van der Waals surface area contributed by atoms with Crippen LogP contribution in [0.25, 0.3) is 11.3 Å². The molecule has 5 rings (SSSR count). The second-order valence-electron chi connectivity index (χ2n) is 11.7. The minimum Gasteiger partial charge on any atom is -0.462 e. The van der Waals surface area contributed by atoms with E-state index in [1.165, 1.54) is 0 Å². The third kappa shape index (κ3) is 6.94. The summed E-state index contributed by atoms with van der Waals surface area (Å²) >= 11 is 1.62. The summed E-state index contributed by atoms with van der Waals surface area (Å²) in [6, 6.07) is 20.5. The van der Waals surface area contributed by atoms with Crippen LogP contribution in [0.1, 0.15) is 74.9 Å². The molecular formula is C33H37N7O3S. The third-order valence-electron chi connectivity index (χ3n) is 6.88. The van der Waals surface area contributed by atoms with Gasteiger partial charge in [-0.05, 0) is 48.9 Å². The first-order chi connectivity index (χ1) is 21.0. The van der Waals surface area contributed by atoms with Crippen molar-refractivity contribution >= 4 is 35.2 Å². The Bertz CT molecular complexity index is 1800. The summed E-state index contributed by atoms with van der Waals surface area (Å²) in [5.74, 6) is 1.23. The second-order valence-corrected chi connectivity index (χ2v) is 12.8. The van der Waals surface area contributed by atoms with Crippen molar-refractivity contribution in [2.75, 3.05) is 11.9 Å². The topological polar surface area (TPSA) is 115 Å². The molecule has 0 atom stereocenters. The number of aromatic nitrogens is 5. The van der Waals surface area contributed by atoms with E-state index in [0.717, 1.165) is 32.5 Å². The van der Waals surface area contributed by atoms with Gasteiger partial charge in [0.1, 0.15) is 11.6 Å². The lowest BCUT2D eigenvalue weighted by Gasteiger charge is -2.14. The number of benzene rings is 2. The number of nitrogens with zero attached hydrogens (tertiary/aromatic N) is 5. The molecular weight excluding hydrogens is 574 g/mol. The highest BCUT2D eigenvalue weighted by Gasteiger charge is 2.22. The van der Waals surface area contributed by atoms with E-state index in [-0.39, 0.29) is 24.0 Å². The summed E-state index contributed by atoms with van der Waals surface area (Å²) in [4.78, 5) is 27.7. The molecule has 0 saturated carbocycles. The number of ether oxygens (including phenoxy) is 1. The minimum atomic E-state index is -0.414. The molecule has 0 bridgehead atoms. The molecule has 0 saturated heterocycles. The first kappa shape index (κ1) is 30.8. The van der Waals surface area contributed by atoms with Gasteiger partial charge in [0.25, 0.3) is 0 Å². The molecule has 0 unspecified atom stereocenters. The Balaban J connectivity index is 1.33. The molecule has 0 radical (unpaired) electrons. The number of esters is 1. The van der Waals surface area contributed by atoms with Crippen LogP contribution in [0.2, 0.25) is 0 Å². The Kier molecular flexibility index (Phi) is 9.05. The average molecular weight is 612 g/mol. The fourth-order valence-electron chi connectivity index (χ4n) is 4.57. The Labute approximate surface area is 261 Å². The van der Waals surface area contributed by atoms with E-state index < -0.39 is 5.97 Å². The highest BCUT2D eigenvalue weighted by molar-refractivity contribution is 7.99. The molecule has 0 fully saturated rings. The van der Waals surface area contributed by atoms with Crippen LogP contribution in [0.3, 0.4) is 0 Å². The van der Waals surface area contributed by atoms with E-state index in [1.54, 1.807) is 41.6 Å². The van der Waals surface area contributed by atoms with Crippen LogP contribution >= 0.6 is 11.8 Å². The molecule has 5 aromatic rings. The highest BCUT2D eigenvalue weighted by atomic mass is 32.2. The monoisotopic (exact) mass is 611 g/mol. The number of urea groups is 1. The van der Waals surface area contributed by atoms with E-state index in [2.05, 4.69) is 61.6 Å². The lowest BCUT2D eigenvalue weighted by molar-refractivity contribution is 0.0526. The molecule has 10 nitrogen and oxygen atoms in total.